The molecule has 0 N–H and O–H groups in total. The van der Waals surface area contributed by atoms with Gasteiger partial charge in [-0.15, -0.1) is 0 Å². The fourth-order valence-corrected chi connectivity index (χ4v) is 1.99. The van der Waals surface area contributed by atoms with Gasteiger partial charge in [-0.05, 0) is 41.1 Å². The maximum absolute atomic E-state index is 10.9. The Balaban J connectivity index is 2.30. The van der Waals surface area contributed by atoms with Gasteiger partial charge in [0.05, 0.1) is 22.6 Å². The van der Waals surface area contributed by atoms with Crippen molar-refractivity contribution in [1.29, 1.82) is 0 Å². The lowest BCUT2D eigenvalue weighted by Gasteiger charge is -2.08. The Morgan fingerprint density at radius 3 is 2.70 bits per heavy atom. The summed E-state index contributed by atoms with van der Waals surface area (Å²) >= 11 is 3.34. The molecule has 1 heterocycles. The molecule has 20 heavy (non-hydrogen) atoms. The maximum Gasteiger partial charge on any atom is 0.279 e. The monoisotopic (exact) mass is 338 g/mol. The lowest BCUT2D eigenvalue weighted by Crippen LogP contribution is -1.95. The second kappa shape index (κ2) is 5.87. The molecule has 0 amide bonds. The Labute approximate surface area is 123 Å². The number of rotatable bonds is 4. The first-order valence-electron chi connectivity index (χ1n) is 5.63. The summed E-state index contributed by atoms with van der Waals surface area (Å²) in [6.45, 7) is 1.62. The van der Waals surface area contributed by atoms with Gasteiger partial charge in [-0.2, -0.15) is 0 Å². The van der Waals surface area contributed by atoms with E-state index in [9.17, 15) is 10.1 Å². The molecule has 1 aromatic heterocycles. The molecule has 0 fully saturated rings. The third-order valence-electron chi connectivity index (χ3n) is 2.60. The molecule has 0 spiro atoms. The largest absolute Gasteiger partial charge is 0.497 e. The highest BCUT2D eigenvalue weighted by atomic mass is 79.9. The quantitative estimate of drug-likeness (QED) is 0.625. The molecular weight excluding hydrogens is 328 g/mol. The molecule has 0 aliphatic rings. The Morgan fingerprint density at radius 2 is 2.10 bits per heavy atom. The first kappa shape index (κ1) is 14.3. The van der Waals surface area contributed by atoms with Crippen LogP contribution >= 0.6 is 15.9 Å². The summed E-state index contributed by atoms with van der Waals surface area (Å²) in [6, 6.07) is 6.45. The number of halogens is 1. The van der Waals surface area contributed by atoms with Crippen LogP contribution in [0.4, 0.5) is 5.69 Å². The third-order valence-corrected chi connectivity index (χ3v) is 3.22. The lowest BCUT2D eigenvalue weighted by atomic mass is 10.2. The average Bonchev–Trinajstić information content (AvgIpc) is 2.42. The van der Waals surface area contributed by atoms with Gasteiger partial charge in [-0.1, -0.05) is 0 Å². The Bertz CT molecular complexity index is 661. The maximum atomic E-state index is 10.9. The molecule has 0 saturated heterocycles. The van der Waals surface area contributed by atoms with Crippen molar-refractivity contribution in [3.63, 3.8) is 0 Å². The number of aromatic nitrogens is 1. The number of hydrogen-bond acceptors (Lipinski definition) is 5. The van der Waals surface area contributed by atoms with Gasteiger partial charge in [0, 0.05) is 11.8 Å². The zero-order valence-electron chi connectivity index (χ0n) is 10.8. The fraction of sp³-hybridized carbons (Fsp3) is 0.154. The Kier molecular flexibility index (Phi) is 4.19. The SMILES string of the molecule is COc1ccc(Oc2cc([N+](=O)[O-])c(C)cn2)c(Br)c1. The number of ether oxygens (including phenoxy) is 2. The van der Waals surface area contributed by atoms with Crippen LogP contribution in [0.1, 0.15) is 5.56 Å². The molecule has 1 aromatic carbocycles. The number of benzene rings is 1. The molecule has 104 valence electrons. The van der Waals surface area contributed by atoms with E-state index in [0.717, 1.165) is 0 Å². The van der Waals surface area contributed by atoms with E-state index < -0.39 is 4.92 Å². The van der Waals surface area contributed by atoms with Crippen molar-refractivity contribution in [2.45, 2.75) is 6.92 Å². The minimum absolute atomic E-state index is 0.0281. The minimum Gasteiger partial charge on any atom is -0.497 e. The van der Waals surface area contributed by atoms with Crippen molar-refractivity contribution in [3.05, 3.63) is 50.6 Å². The molecule has 6 nitrogen and oxygen atoms in total. The molecular formula is C13H11BrN2O4. The van der Waals surface area contributed by atoms with E-state index in [1.807, 2.05) is 0 Å². The van der Waals surface area contributed by atoms with Gasteiger partial charge in [0.1, 0.15) is 11.5 Å². The van der Waals surface area contributed by atoms with E-state index in [-0.39, 0.29) is 11.6 Å². The Morgan fingerprint density at radius 1 is 1.35 bits per heavy atom. The second-order valence-corrected chi connectivity index (χ2v) is 4.82. The van der Waals surface area contributed by atoms with Gasteiger partial charge in [-0.25, -0.2) is 4.98 Å². The van der Waals surface area contributed by atoms with Crippen LogP contribution in [0, 0.1) is 17.0 Å². The van der Waals surface area contributed by atoms with Gasteiger partial charge in [0.25, 0.3) is 5.69 Å². The number of nitrogens with zero attached hydrogens (tertiary/aromatic N) is 2. The van der Waals surface area contributed by atoms with Crippen molar-refractivity contribution in [2.75, 3.05) is 7.11 Å². The van der Waals surface area contributed by atoms with Crippen molar-refractivity contribution in [1.82, 2.24) is 4.98 Å². The van der Waals surface area contributed by atoms with Gasteiger partial charge < -0.3 is 9.47 Å². The van der Waals surface area contributed by atoms with Crippen molar-refractivity contribution in [3.8, 4) is 17.4 Å². The van der Waals surface area contributed by atoms with E-state index in [1.54, 1.807) is 32.2 Å². The molecule has 0 aliphatic carbocycles. The first-order valence-corrected chi connectivity index (χ1v) is 6.43. The molecule has 0 radical (unpaired) electrons. The normalized spacial score (nSPS) is 10.2. The molecule has 2 aromatic rings. The van der Waals surface area contributed by atoms with Crippen molar-refractivity contribution < 1.29 is 14.4 Å². The summed E-state index contributed by atoms with van der Waals surface area (Å²) < 4.78 is 11.3. The molecule has 2 rings (SSSR count). The van der Waals surface area contributed by atoms with Gasteiger partial charge >= 0.3 is 0 Å². The van der Waals surface area contributed by atoms with Gasteiger partial charge in [0.15, 0.2) is 0 Å². The van der Waals surface area contributed by atoms with Crippen LogP contribution in [0.25, 0.3) is 0 Å². The number of methoxy groups -OCH3 is 1. The van der Waals surface area contributed by atoms with Crippen LogP contribution in [-0.2, 0) is 0 Å². The highest BCUT2D eigenvalue weighted by Crippen LogP contribution is 2.33. The Hall–Kier alpha value is -2.15. The zero-order valence-corrected chi connectivity index (χ0v) is 12.4. The highest BCUT2D eigenvalue weighted by molar-refractivity contribution is 9.10. The van der Waals surface area contributed by atoms with E-state index in [1.165, 1.54) is 12.3 Å². The molecule has 0 aliphatic heterocycles. The van der Waals surface area contributed by atoms with Crippen LogP contribution in [0.5, 0.6) is 17.4 Å². The predicted molar refractivity (Wildman–Crippen MR) is 76.4 cm³/mol. The molecule has 0 unspecified atom stereocenters. The number of nitro groups is 1. The molecule has 0 saturated carbocycles. The zero-order chi connectivity index (χ0) is 14.7. The van der Waals surface area contributed by atoms with Crippen molar-refractivity contribution >= 4 is 21.6 Å². The summed E-state index contributed by atoms with van der Waals surface area (Å²) in [6.07, 6.45) is 1.41. The highest BCUT2D eigenvalue weighted by Gasteiger charge is 2.14. The third kappa shape index (κ3) is 3.05. The molecule has 0 bridgehead atoms. The topological polar surface area (TPSA) is 74.5 Å². The molecule has 0 atom stereocenters. The smallest absolute Gasteiger partial charge is 0.279 e. The average molecular weight is 339 g/mol. The van der Waals surface area contributed by atoms with E-state index in [4.69, 9.17) is 9.47 Å². The van der Waals surface area contributed by atoms with Crippen LogP contribution in [-0.4, -0.2) is 17.0 Å². The second-order valence-electron chi connectivity index (χ2n) is 3.96. The van der Waals surface area contributed by atoms with Gasteiger partial charge in [-0.3, -0.25) is 10.1 Å². The van der Waals surface area contributed by atoms with Crippen LogP contribution in [0.3, 0.4) is 0 Å². The lowest BCUT2D eigenvalue weighted by molar-refractivity contribution is -0.385. The van der Waals surface area contributed by atoms with E-state index in [2.05, 4.69) is 20.9 Å². The van der Waals surface area contributed by atoms with Crippen molar-refractivity contribution in [2.24, 2.45) is 0 Å². The predicted octanol–water partition coefficient (Wildman–Crippen LogP) is 3.86. The summed E-state index contributed by atoms with van der Waals surface area (Å²) in [4.78, 5) is 14.4. The summed E-state index contributed by atoms with van der Waals surface area (Å²) in [5.41, 5.74) is 0.454. The molecule has 7 heteroatoms. The summed E-state index contributed by atoms with van der Waals surface area (Å²) in [5, 5.41) is 10.9. The number of aryl methyl sites for hydroxylation is 1. The number of hydrogen-bond donors (Lipinski definition) is 0. The number of pyridine rings is 1. The van der Waals surface area contributed by atoms with Gasteiger partial charge in [0.2, 0.25) is 5.88 Å². The van der Waals surface area contributed by atoms with E-state index in [0.29, 0.717) is 21.5 Å². The summed E-state index contributed by atoms with van der Waals surface area (Å²) in [5.74, 6) is 1.33. The first-order chi connectivity index (χ1) is 9.51. The minimum atomic E-state index is -0.465. The van der Waals surface area contributed by atoms with Crippen LogP contribution in [0.15, 0.2) is 34.9 Å². The fourth-order valence-electron chi connectivity index (χ4n) is 1.55. The van der Waals surface area contributed by atoms with E-state index >= 15 is 0 Å². The standard InChI is InChI=1S/C13H11BrN2O4/c1-8-7-15-13(6-11(8)16(17)18)20-12-4-3-9(19-2)5-10(12)14/h3-7H,1-2H3. The van der Waals surface area contributed by atoms with Crippen LogP contribution < -0.4 is 9.47 Å². The summed E-state index contributed by atoms with van der Waals surface area (Å²) in [7, 11) is 1.56. The van der Waals surface area contributed by atoms with Crippen LogP contribution in [0.2, 0.25) is 0 Å².